The highest BCUT2D eigenvalue weighted by Gasteiger charge is 2.27. The molecule has 0 saturated carbocycles. The first kappa shape index (κ1) is 15.1. The number of hydrogen-bond acceptors (Lipinski definition) is 5. The molecule has 1 aromatic rings. The summed E-state index contributed by atoms with van der Waals surface area (Å²) in [4.78, 5) is 22.2. The number of nitro groups is 1. The molecule has 0 atom stereocenters. The summed E-state index contributed by atoms with van der Waals surface area (Å²) in [6.45, 7) is 2.06. The SMILES string of the molecule is Cc1c(C(=O)NC(C)(CO)CO)cccc1[N+](=O)[O-]. The Morgan fingerprint density at radius 1 is 1.42 bits per heavy atom. The maximum atomic E-state index is 12.0. The first-order valence-corrected chi connectivity index (χ1v) is 5.63. The van der Waals surface area contributed by atoms with Gasteiger partial charge in [-0.1, -0.05) is 6.07 Å². The number of nitro benzene ring substituents is 1. The van der Waals surface area contributed by atoms with Crippen molar-refractivity contribution in [1.82, 2.24) is 5.32 Å². The predicted molar refractivity (Wildman–Crippen MR) is 67.9 cm³/mol. The molecular formula is C12H16N2O5. The predicted octanol–water partition coefficient (Wildman–Crippen LogP) is 0.376. The molecule has 0 unspecified atom stereocenters. The number of nitrogens with one attached hydrogen (secondary N) is 1. The van der Waals surface area contributed by atoms with Gasteiger partial charge in [-0.05, 0) is 19.9 Å². The first-order chi connectivity index (χ1) is 8.84. The van der Waals surface area contributed by atoms with Gasteiger partial charge in [0.1, 0.15) is 0 Å². The third kappa shape index (κ3) is 3.27. The molecule has 7 heteroatoms. The second-order valence-corrected chi connectivity index (χ2v) is 4.54. The van der Waals surface area contributed by atoms with Crippen molar-refractivity contribution in [2.75, 3.05) is 13.2 Å². The fourth-order valence-corrected chi connectivity index (χ4v) is 1.54. The van der Waals surface area contributed by atoms with Gasteiger partial charge in [-0.25, -0.2) is 0 Å². The van der Waals surface area contributed by atoms with E-state index in [9.17, 15) is 14.9 Å². The van der Waals surface area contributed by atoms with E-state index in [-0.39, 0.29) is 16.8 Å². The zero-order valence-corrected chi connectivity index (χ0v) is 10.7. The van der Waals surface area contributed by atoms with Crippen LogP contribution in [0.3, 0.4) is 0 Å². The Balaban J connectivity index is 3.08. The van der Waals surface area contributed by atoms with Gasteiger partial charge < -0.3 is 15.5 Å². The van der Waals surface area contributed by atoms with Crippen LogP contribution in [-0.2, 0) is 0 Å². The Morgan fingerprint density at radius 3 is 2.47 bits per heavy atom. The number of amides is 1. The Hall–Kier alpha value is -1.99. The average molecular weight is 268 g/mol. The van der Waals surface area contributed by atoms with E-state index in [2.05, 4.69) is 5.32 Å². The molecule has 0 radical (unpaired) electrons. The summed E-state index contributed by atoms with van der Waals surface area (Å²) in [6.07, 6.45) is 0. The van der Waals surface area contributed by atoms with E-state index in [1.807, 2.05) is 0 Å². The molecule has 0 bridgehead atoms. The largest absolute Gasteiger partial charge is 0.394 e. The summed E-state index contributed by atoms with van der Waals surface area (Å²) in [5, 5.41) is 31.5. The van der Waals surface area contributed by atoms with Gasteiger partial charge in [0.05, 0.1) is 23.7 Å². The maximum Gasteiger partial charge on any atom is 0.273 e. The Labute approximate surface area is 110 Å². The van der Waals surface area contributed by atoms with Crippen molar-refractivity contribution in [2.45, 2.75) is 19.4 Å². The molecule has 0 aliphatic rings. The van der Waals surface area contributed by atoms with Crippen molar-refractivity contribution in [3.63, 3.8) is 0 Å². The first-order valence-electron chi connectivity index (χ1n) is 5.63. The number of carbonyl (C=O) groups excluding carboxylic acids is 1. The fourth-order valence-electron chi connectivity index (χ4n) is 1.54. The van der Waals surface area contributed by atoms with Gasteiger partial charge in [0.15, 0.2) is 0 Å². The Bertz CT molecular complexity index is 497. The molecule has 7 nitrogen and oxygen atoms in total. The van der Waals surface area contributed by atoms with Crippen molar-refractivity contribution in [2.24, 2.45) is 0 Å². The van der Waals surface area contributed by atoms with Crippen LogP contribution in [0, 0.1) is 17.0 Å². The lowest BCUT2D eigenvalue weighted by molar-refractivity contribution is -0.385. The second-order valence-electron chi connectivity index (χ2n) is 4.54. The number of hydrogen-bond donors (Lipinski definition) is 3. The zero-order chi connectivity index (χ0) is 14.6. The minimum absolute atomic E-state index is 0.141. The number of carbonyl (C=O) groups is 1. The van der Waals surface area contributed by atoms with Crippen LogP contribution in [0.2, 0.25) is 0 Å². The van der Waals surface area contributed by atoms with Gasteiger partial charge in [0, 0.05) is 17.2 Å². The van der Waals surface area contributed by atoms with Gasteiger partial charge >= 0.3 is 0 Å². The van der Waals surface area contributed by atoms with Crippen LogP contribution < -0.4 is 5.32 Å². The number of aliphatic hydroxyl groups is 2. The summed E-state index contributed by atoms with van der Waals surface area (Å²) in [5.74, 6) is -0.577. The normalized spacial score (nSPS) is 11.2. The molecular weight excluding hydrogens is 252 g/mol. The van der Waals surface area contributed by atoms with E-state index in [0.29, 0.717) is 0 Å². The molecule has 0 heterocycles. The van der Waals surface area contributed by atoms with Crippen LogP contribution in [0.15, 0.2) is 18.2 Å². The van der Waals surface area contributed by atoms with Gasteiger partial charge in [0.2, 0.25) is 0 Å². The van der Waals surface area contributed by atoms with E-state index in [0.717, 1.165) is 0 Å². The number of benzene rings is 1. The third-order valence-electron chi connectivity index (χ3n) is 2.86. The van der Waals surface area contributed by atoms with Crippen molar-refractivity contribution in [3.05, 3.63) is 39.4 Å². The number of aliphatic hydroxyl groups excluding tert-OH is 2. The zero-order valence-electron chi connectivity index (χ0n) is 10.7. The van der Waals surface area contributed by atoms with Crippen LogP contribution in [0.25, 0.3) is 0 Å². The van der Waals surface area contributed by atoms with E-state index < -0.39 is 29.6 Å². The van der Waals surface area contributed by atoms with E-state index in [4.69, 9.17) is 10.2 Å². The van der Waals surface area contributed by atoms with Crippen molar-refractivity contribution in [3.8, 4) is 0 Å². The molecule has 0 saturated heterocycles. The molecule has 104 valence electrons. The highest BCUT2D eigenvalue weighted by Crippen LogP contribution is 2.21. The molecule has 0 fully saturated rings. The molecule has 19 heavy (non-hydrogen) atoms. The van der Waals surface area contributed by atoms with Crippen molar-refractivity contribution < 1.29 is 19.9 Å². The maximum absolute atomic E-state index is 12.0. The lowest BCUT2D eigenvalue weighted by atomic mass is 10.0. The van der Waals surface area contributed by atoms with Gasteiger partial charge in [-0.3, -0.25) is 14.9 Å². The van der Waals surface area contributed by atoms with Crippen LogP contribution in [0.1, 0.15) is 22.8 Å². The Kier molecular flexibility index (Phi) is 4.57. The number of nitrogens with zero attached hydrogens (tertiary/aromatic N) is 1. The summed E-state index contributed by atoms with van der Waals surface area (Å²) in [5.41, 5.74) is -0.943. The summed E-state index contributed by atoms with van der Waals surface area (Å²) in [7, 11) is 0. The molecule has 0 aliphatic heterocycles. The van der Waals surface area contributed by atoms with Crippen LogP contribution in [0.4, 0.5) is 5.69 Å². The molecule has 0 aliphatic carbocycles. The van der Waals surface area contributed by atoms with E-state index >= 15 is 0 Å². The summed E-state index contributed by atoms with van der Waals surface area (Å²) >= 11 is 0. The highest BCUT2D eigenvalue weighted by atomic mass is 16.6. The third-order valence-corrected chi connectivity index (χ3v) is 2.86. The smallest absolute Gasteiger partial charge is 0.273 e. The quantitative estimate of drug-likeness (QED) is 0.527. The fraction of sp³-hybridized carbons (Fsp3) is 0.417. The van der Waals surface area contributed by atoms with Crippen LogP contribution in [0.5, 0.6) is 0 Å². The summed E-state index contributed by atoms with van der Waals surface area (Å²) in [6, 6.07) is 4.17. The average Bonchev–Trinajstić information content (AvgIpc) is 2.38. The molecule has 0 spiro atoms. The van der Waals surface area contributed by atoms with E-state index in [1.54, 1.807) is 0 Å². The molecule has 1 aromatic carbocycles. The topological polar surface area (TPSA) is 113 Å². The molecule has 1 amide bonds. The van der Waals surface area contributed by atoms with Gasteiger partial charge in [0.25, 0.3) is 11.6 Å². The van der Waals surface area contributed by atoms with Crippen LogP contribution >= 0.6 is 0 Å². The lowest BCUT2D eigenvalue weighted by Crippen LogP contribution is -2.51. The molecule has 3 N–H and O–H groups in total. The van der Waals surface area contributed by atoms with Crippen molar-refractivity contribution >= 4 is 11.6 Å². The van der Waals surface area contributed by atoms with Crippen molar-refractivity contribution in [1.29, 1.82) is 0 Å². The minimum Gasteiger partial charge on any atom is -0.394 e. The van der Waals surface area contributed by atoms with Crippen LogP contribution in [-0.4, -0.2) is 39.8 Å². The monoisotopic (exact) mass is 268 g/mol. The lowest BCUT2D eigenvalue weighted by Gasteiger charge is -2.26. The Morgan fingerprint density at radius 2 is 2.00 bits per heavy atom. The van der Waals surface area contributed by atoms with Gasteiger partial charge in [-0.2, -0.15) is 0 Å². The second kappa shape index (κ2) is 5.77. The standard InChI is InChI=1S/C12H16N2O5/c1-8-9(4-3-5-10(8)14(18)19)11(17)13-12(2,6-15)7-16/h3-5,15-16H,6-7H2,1-2H3,(H,13,17). The van der Waals surface area contributed by atoms with Gasteiger partial charge in [-0.15, -0.1) is 0 Å². The summed E-state index contributed by atoms with van der Waals surface area (Å²) < 4.78 is 0. The minimum atomic E-state index is -1.17. The number of rotatable bonds is 5. The molecule has 0 aromatic heterocycles. The molecule has 1 rings (SSSR count). The van der Waals surface area contributed by atoms with E-state index in [1.165, 1.54) is 32.0 Å². The highest BCUT2D eigenvalue weighted by molar-refractivity contribution is 5.97.